The molecule has 1 amide bonds. The number of aromatic nitrogens is 4. The van der Waals surface area contributed by atoms with Crippen molar-refractivity contribution >= 4 is 5.91 Å². The standard InChI is InChI=1S/C28H39N7O2/c1-22(2)17-33-13-7-28(8-14-33)21-35(15-16-37-28)27(36)24-5-3-23(4-6-24)18-34(19-25-29-9-10-30-25)20-26-31-11-12-32-26/h3-6,9-12,22H,7-8,13-21H2,1-2H3,(H,29,30)(H,31,32). The normalized spacial score (nSPS) is 18.2. The van der Waals surface area contributed by atoms with E-state index in [1.807, 2.05) is 29.4 Å². The van der Waals surface area contributed by atoms with Crippen molar-refractivity contribution in [3.8, 4) is 0 Å². The molecule has 0 radical (unpaired) electrons. The fourth-order valence-electron chi connectivity index (χ4n) is 5.53. The average molecular weight is 506 g/mol. The molecular formula is C28H39N7O2. The van der Waals surface area contributed by atoms with Crippen LogP contribution in [0.5, 0.6) is 0 Å². The lowest BCUT2D eigenvalue weighted by molar-refractivity contribution is -0.127. The molecule has 0 aliphatic carbocycles. The molecule has 9 heteroatoms. The van der Waals surface area contributed by atoms with Gasteiger partial charge in [-0.15, -0.1) is 0 Å². The molecule has 0 saturated carbocycles. The predicted octanol–water partition coefficient (Wildman–Crippen LogP) is 3.30. The lowest BCUT2D eigenvalue weighted by atomic mass is 9.88. The molecule has 2 fully saturated rings. The summed E-state index contributed by atoms with van der Waals surface area (Å²) in [7, 11) is 0. The van der Waals surface area contributed by atoms with Crippen molar-refractivity contribution in [1.29, 1.82) is 0 Å². The largest absolute Gasteiger partial charge is 0.371 e. The molecule has 2 saturated heterocycles. The van der Waals surface area contributed by atoms with Crippen LogP contribution in [-0.4, -0.2) is 85.5 Å². The Labute approximate surface area is 219 Å². The van der Waals surface area contributed by atoms with Gasteiger partial charge < -0.3 is 24.5 Å². The van der Waals surface area contributed by atoms with Crippen LogP contribution in [0.15, 0.2) is 49.1 Å². The molecule has 9 nitrogen and oxygen atoms in total. The Balaban J connectivity index is 1.20. The summed E-state index contributed by atoms with van der Waals surface area (Å²) in [6, 6.07) is 8.04. The van der Waals surface area contributed by atoms with Crippen molar-refractivity contribution in [2.45, 2.75) is 51.9 Å². The maximum Gasteiger partial charge on any atom is 0.254 e. The molecule has 0 bridgehead atoms. The SMILES string of the molecule is CC(C)CN1CCC2(CC1)CN(C(=O)c1ccc(CN(Cc3ncc[nH]3)Cc3ncc[nH]3)cc1)CCO2. The van der Waals surface area contributed by atoms with Crippen molar-refractivity contribution in [2.75, 3.05) is 39.3 Å². The number of piperidine rings is 1. The van der Waals surface area contributed by atoms with Gasteiger partial charge in [-0.25, -0.2) is 9.97 Å². The van der Waals surface area contributed by atoms with Crippen LogP contribution in [0.4, 0.5) is 0 Å². The number of ether oxygens (including phenoxy) is 1. The average Bonchev–Trinajstić information content (AvgIpc) is 3.60. The van der Waals surface area contributed by atoms with Crippen LogP contribution in [0.2, 0.25) is 0 Å². The first kappa shape index (κ1) is 25.6. The number of nitrogens with zero attached hydrogens (tertiary/aromatic N) is 5. The van der Waals surface area contributed by atoms with Crippen molar-refractivity contribution in [2.24, 2.45) is 5.92 Å². The van der Waals surface area contributed by atoms with Crippen molar-refractivity contribution in [3.05, 3.63) is 71.8 Å². The van der Waals surface area contributed by atoms with Crippen LogP contribution in [0.25, 0.3) is 0 Å². The number of hydrogen-bond acceptors (Lipinski definition) is 6. The fraction of sp³-hybridized carbons (Fsp3) is 0.536. The van der Waals surface area contributed by atoms with Crippen LogP contribution >= 0.6 is 0 Å². The van der Waals surface area contributed by atoms with Gasteiger partial charge >= 0.3 is 0 Å². The number of amides is 1. The number of hydrogen-bond donors (Lipinski definition) is 2. The zero-order chi connectivity index (χ0) is 25.7. The number of imidazole rings is 2. The van der Waals surface area contributed by atoms with Gasteiger partial charge in [-0.3, -0.25) is 9.69 Å². The highest BCUT2D eigenvalue weighted by Crippen LogP contribution is 2.31. The third-order valence-electron chi connectivity index (χ3n) is 7.39. The quantitative estimate of drug-likeness (QED) is 0.464. The number of carbonyl (C=O) groups is 1. The molecule has 2 aliphatic heterocycles. The monoisotopic (exact) mass is 505 g/mol. The van der Waals surface area contributed by atoms with E-state index in [2.05, 4.69) is 55.7 Å². The van der Waals surface area contributed by atoms with E-state index < -0.39 is 0 Å². The lowest BCUT2D eigenvalue weighted by Crippen LogP contribution is -2.58. The third kappa shape index (κ3) is 6.66. The van der Waals surface area contributed by atoms with Crippen molar-refractivity contribution in [3.63, 3.8) is 0 Å². The fourth-order valence-corrected chi connectivity index (χ4v) is 5.53. The molecule has 2 aliphatic rings. The minimum absolute atomic E-state index is 0.0989. The number of H-pyrrole nitrogens is 2. The van der Waals surface area contributed by atoms with E-state index in [4.69, 9.17) is 4.74 Å². The smallest absolute Gasteiger partial charge is 0.254 e. The molecule has 0 atom stereocenters. The second-order valence-corrected chi connectivity index (χ2v) is 10.9. The first-order chi connectivity index (χ1) is 18.0. The van der Waals surface area contributed by atoms with Gasteiger partial charge in [0.1, 0.15) is 11.6 Å². The number of carbonyl (C=O) groups excluding carboxylic acids is 1. The molecule has 1 spiro atoms. The van der Waals surface area contributed by atoms with Gasteiger partial charge in [0.05, 0.1) is 31.8 Å². The number of likely N-dealkylation sites (tertiary alicyclic amines) is 1. The highest BCUT2D eigenvalue weighted by atomic mass is 16.5. The summed E-state index contributed by atoms with van der Waals surface area (Å²) in [5.74, 6) is 2.59. The van der Waals surface area contributed by atoms with Gasteiger partial charge in [0.25, 0.3) is 5.91 Å². The summed E-state index contributed by atoms with van der Waals surface area (Å²) in [5.41, 5.74) is 1.69. The minimum atomic E-state index is -0.195. The van der Waals surface area contributed by atoms with E-state index in [1.54, 1.807) is 12.4 Å². The van der Waals surface area contributed by atoms with Crippen molar-refractivity contribution < 1.29 is 9.53 Å². The van der Waals surface area contributed by atoms with Gasteiger partial charge in [-0.1, -0.05) is 26.0 Å². The zero-order valence-corrected chi connectivity index (χ0v) is 22.0. The Morgan fingerprint density at radius 1 is 1.00 bits per heavy atom. The van der Waals surface area contributed by atoms with Crippen LogP contribution in [0.1, 0.15) is 54.3 Å². The van der Waals surface area contributed by atoms with Gasteiger partial charge in [0.2, 0.25) is 0 Å². The third-order valence-corrected chi connectivity index (χ3v) is 7.39. The van der Waals surface area contributed by atoms with Gasteiger partial charge in [0, 0.05) is 63.1 Å². The molecule has 1 aromatic carbocycles. The van der Waals surface area contributed by atoms with E-state index in [1.165, 1.54) is 0 Å². The molecule has 2 aromatic heterocycles. The number of rotatable bonds is 9. The first-order valence-electron chi connectivity index (χ1n) is 13.4. The zero-order valence-electron chi connectivity index (χ0n) is 22.0. The Morgan fingerprint density at radius 2 is 1.65 bits per heavy atom. The Kier molecular flexibility index (Phi) is 8.02. The number of morpholine rings is 1. The highest BCUT2D eigenvalue weighted by Gasteiger charge is 2.41. The number of benzene rings is 1. The summed E-state index contributed by atoms with van der Waals surface area (Å²) in [5, 5.41) is 0. The molecular weight excluding hydrogens is 466 g/mol. The van der Waals surface area contributed by atoms with Crippen molar-refractivity contribution in [1.82, 2.24) is 34.6 Å². The van der Waals surface area contributed by atoms with Crippen LogP contribution in [-0.2, 0) is 24.4 Å². The van der Waals surface area contributed by atoms with E-state index >= 15 is 0 Å². The van der Waals surface area contributed by atoms with E-state index in [9.17, 15) is 4.79 Å². The molecule has 37 heavy (non-hydrogen) atoms. The molecule has 2 N–H and O–H groups in total. The molecule has 3 aromatic rings. The number of nitrogens with one attached hydrogen (secondary N) is 2. The van der Waals surface area contributed by atoms with Crippen LogP contribution in [0, 0.1) is 5.92 Å². The Bertz CT molecular complexity index is 1070. The molecule has 0 unspecified atom stereocenters. The van der Waals surface area contributed by atoms with Crippen LogP contribution < -0.4 is 0 Å². The Hall–Kier alpha value is -3.01. The number of aromatic amines is 2. The second kappa shape index (κ2) is 11.6. The van der Waals surface area contributed by atoms with E-state index in [-0.39, 0.29) is 11.5 Å². The summed E-state index contributed by atoms with van der Waals surface area (Å²) in [6.07, 6.45) is 9.20. The Morgan fingerprint density at radius 3 is 2.22 bits per heavy atom. The predicted molar refractivity (Wildman–Crippen MR) is 142 cm³/mol. The summed E-state index contributed by atoms with van der Waals surface area (Å²) < 4.78 is 6.28. The lowest BCUT2D eigenvalue weighted by Gasteiger charge is -2.47. The topological polar surface area (TPSA) is 93.4 Å². The van der Waals surface area contributed by atoms with Gasteiger partial charge in [0.15, 0.2) is 0 Å². The summed E-state index contributed by atoms with van der Waals surface area (Å²) in [4.78, 5) is 35.3. The minimum Gasteiger partial charge on any atom is -0.371 e. The first-order valence-corrected chi connectivity index (χ1v) is 13.4. The van der Waals surface area contributed by atoms with E-state index in [0.29, 0.717) is 38.7 Å². The second-order valence-electron chi connectivity index (χ2n) is 10.9. The molecule has 5 rings (SSSR count). The molecule has 4 heterocycles. The summed E-state index contributed by atoms with van der Waals surface area (Å²) >= 11 is 0. The highest BCUT2D eigenvalue weighted by molar-refractivity contribution is 5.94. The van der Waals surface area contributed by atoms with Gasteiger partial charge in [-0.05, 0) is 36.5 Å². The maximum absolute atomic E-state index is 13.4. The maximum atomic E-state index is 13.4. The summed E-state index contributed by atoms with van der Waals surface area (Å²) in [6.45, 7) is 11.8. The molecule has 198 valence electrons. The van der Waals surface area contributed by atoms with E-state index in [0.717, 1.165) is 61.8 Å². The van der Waals surface area contributed by atoms with Gasteiger partial charge in [-0.2, -0.15) is 0 Å². The van der Waals surface area contributed by atoms with Crippen LogP contribution in [0.3, 0.4) is 0 Å².